The van der Waals surface area contributed by atoms with Crippen molar-refractivity contribution >= 4 is 21.9 Å². The van der Waals surface area contributed by atoms with Crippen LogP contribution in [0.4, 0.5) is 0 Å². The highest BCUT2D eigenvalue weighted by Gasteiger charge is 2.39. The lowest BCUT2D eigenvalue weighted by molar-refractivity contribution is 0.415. The van der Waals surface area contributed by atoms with E-state index in [4.69, 9.17) is 24.1 Å². The molecule has 0 saturated heterocycles. The summed E-state index contributed by atoms with van der Waals surface area (Å²) >= 11 is 0. The summed E-state index contributed by atoms with van der Waals surface area (Å²) in [5, 5.41) is 2.11. The van der Waals surface area contributed by atoms with Gasteiger partial charge < -0.3 is 9.15 Å². The van der Waals surface area contributed by atoms with Crippen molar-refractivity contribution in [3.63, 3.8) is 0 Å². The first kappa shape index (κ1) is 31.7. The lowest BCUT2D eigenvalue weighted by Gasteiger charge is -2.39. The SMILES string of the molecule is CC1(C)c2ccccc2Oc2ccc3c(c21)CC(c1ccc2oc4c(-c5nc(-c6ccccc6)nc(-c6ccccc6)n5)cccc4c2c1)c1ccccc1-3. The van der Waals surface area contributed by atoms with Crippen LogP contribution in [0.1, 0.15) is 47.6 Å². The Hall–Kier alpha value is -6.85. The molecule has 0 spiro atoms. The second kappa shape index (κ2) is 12.1. The molecule has 5 nitrogen and oxygen atoms in total. The van der Waals surface area contributed by atoms with Crippen molar-refractivity contribution in [2.24, 2.45) is 0 Å². The number of aromatic nitrogens is 3. The molecule has 0 N–H and O–H groups in total. The van der Waals surface area contributed by atoms with E-state index in [1.165, 1.54) is 38.9 Å². The van der Waals surface area contributed by atoms with E-state index in [2.05, 4.69) is 105 Å². The predicted molar refractivity (Wildman–Crippen MR) is 219 cm³/mol. The Bertz CT molecular complexity index is 2910. The molecule has 9 aromatic rings. The van der Waals surface area contributed by atoms with Gasteiger partial charge >= 0.3 is 0 Å². The number of fused-ring (bicyclic) bond motifs is 9. The third-order valence-electron chi connectivity index (χ3n) is 11.6. The number of para-hydroxylation sites is 2. The quantitative estimate of drug-likeness (QED) is 0.182. The summed E-state index contributed by atoms with van der Waals surface area (Å²) in [6.07, 6.45) is 0.867. The zero-order chi connectivity index (χ0) is 36.7. The molecule has 0 bridgehead atoms. The van der Waals surface area contributed by atoms with E-state index in [1.54, 1.807) is 0 Å². The van der Waals surface area contributed by atoms with Crippen molar-refractivity contribution in [2.75, 3.05) is 0 Å². The molecule has 0 fully saturated rings. The third kappa shape index (κ3) is 4.96. The van der Waals surface area contributed by atoms with Crippen LogP contribution >= 0.6 is 0 Å². The number of furan rings is 1. The van der Waals surface area contributed by atoms with Gasteiger partial charge in [0.1, 0.15) is 22.7 Å². The zero-order valence-electron chi connectivity index (χ0n) is 30.5. The summed E-state index contributed by atoms with van der Waals surface area (Å²) in [5.41, 5.74) is 13.1. The molecule has 0 amide bonds. The minimum Gasteiger partial charge on any atom is -0.457 e. The van der Waals surface area contributed by atoms with E-state index in [9.17, 15) is 0 Å². The molecule has 1 unspecified atom stereocenters. The van der Waals surface area contributed by atoms with Crippen LogP contribution in [0.15, 0.2) is 162 Å². The van der Waals surface area contributed by atoms with Crippen molar-refractivity contribution in [1.82, 2.24) is 15.0 Å². The first-order chi connectivity index (χ1) is 27.0. The van der Waals surface area contributed by atoms with Gasteiger partial charge in [-0.05, 0) is 64.6 Å². The van der Waals surface area contributed by atoms with Crippen molar-refractivity contribution in [2.45, 2.75) is 31.6 Å². The Kier molecular flexibility index (Phi) is 6.96. The average Bonchev–Trinajstić information content (AvgIpc) is 3.62. The van der Waals surface area contributed by atoms with Crippen LogP contribution in [-0.2, 0) is 11.8 Å². The molecule has 1 aliphatic carbocycles. The van der Waals surface area contributed by atoms with Gasteiger partial charge in [-0.15, -0.1) is 0 Å². The number of nitrogens with zero attached hydrogens (tertiary/aromatic N) is 3. The number of hydrogen-bond donors (Lipinski definition) is 0. The summed E-state index contributed by atoms with van der Waals surface area (Å²) in [5.74, 6) is 3.85. The Balaban J connectivity index is 1.05. The molecule has 2 aliphatic rings. The maximum atomic E-state index is 6.72. The molecule has 262 valence electrons. The van der Waals surface area contributed by atoms with Gasteiger partial charge in [-0.25, -0.2) is 15.0 Å². The van der Waals surface area contributed by atoms with Gasteiger partial charge in [0.25, 0.3) is 0 Å². The number of hydrogen-bond acceptors (Lipinski definition) is 5. The summed E-state index contributed by atoms with van der Waals surface area (Å²) in [4.78, 5) is 15.0. The van der Waals surface area contributed by atoms with E-state index < -0.39 is 0 Å². The first-order valence-corrected chi connectivity index (χ1v) is 18.9. The van der Waals surface area contributed by atoms with E-state index in [-0.39, 0.29) is 11.3 Å². The minimum atomic E-state index is -0.219. The second-order valence-corrected chi connectivity index (χ2v) is 15.1. The molecule has 0 saturated carbocycles. The summed E-state index contributed by atoms with van der Waals surface area (Å²) < 4.78 is 13.3. The fourth-order valence-corrected chi connectivity index (χ4v) is 8.98. The maximum Gasteiger partial charge on any atom is 0.167 e. The van der Waals surface area contributed by atoms with Gasteiger partial charge in [0.2, 0.25) is 0 Å². The third-order valence-corrected chi connectivity index (χ3v) is 11.6. The number of rotatable bonds is 4. The molecule has 0 radical (unpaired) electrons. The summed E-state index contributed by atoms with van der Waals surface area (Å²) in [6, 6.07) is 54.9. The van der Waals surface area contributed by atoms with Crippen LogP contribution in [-0.4, -0.2) is 15.0 Å². The Morgan fingerprint density at radius 2 is 1.22 bits per heavy atom. The van der Waals surface area contributed by atoms with Crippen molar-refractivity contribution in [3.05, 3.63) is 186 Å². The van der Waals surface area contributed by atoms with Gasteiger partial charge in [-0.2, -0.15) is 0 Å². The van der Waals surface area contributed by atoms with Gasteiger partial charge in [0.05, 0.1) is 5.56 Å². The molecule has 2 aromatic heterocycles. The van der Waals surface area contributed by atoms with Gasteiger partial charge in [-0.1, -0.05) is 141 Å². The van der Waals surface area contributed by atoms with E-state index in [0.29, 0.717) is 17.5 Å². The average molecular weight is 710 g/mol. The first-order valence-electron chi connectivity index (χ1n) is 18.9. The molecule has 5 heteroatoms. The van der Waals surface area contributed by atoms with Gasteiger partial charge in [0, 0.05) is 44.4 Å². The fourth-order valence-electron chi connectivity index (χ4n) is 8.98. The highest BCUT2D eigenvalue weighted by atomic mass is 16.5. The van der Waals surface area contributed by atoms with Crippen LogP contribution in [0.3, 0.4) is 0 Å². The van der Waals surface area contributed by atoms with Crippen molar-refractivity contribution < 1.29 is 9.15 Å². The van der Waals surface area contributed by atoms with Crippen LogP contribution in [0.5, 0.6) is 11.5 Å². The van der Waals surface area contributed by atoms with Crippen LogP contribution < -0.4 is 4.74 Å². The molecule has 1 aliphatic heterocycles. The van der Waals surface area contributed by atoms with Crippen LogP contribution in [0.2, 0.25) is 0 Å². The molecule has 7 aromatic carbocycles. The Morgan fingerprint density at radius 1 is 0.545 bits per heavy atom. The molecular weight excluding hydrogens is 675 g/mol. The van der Waals surface area contributed by atoms with Crippen LogP contribution in [0.25, 0.3) is 67.2 Å². The second-order valence-electron chi connectivity index (χ2n) is 15.1. The highest BCUT2D eigenvalue weighted by Crippen LogP contribution is 2.54. The molecule has 11 rings (SSSR count). The smallest absolute Gasteiger partial charge is 0.167 e. The predicted octanol–water partition coefficient (Wildman–Crippen LogP) is 12.6. The molecular formula is C50H35N3O2. The molecule has 1 atom stereocenters. The van der Waals surface area contributed by atoms with Crippen molar-refractivity contribution in [3.8, 4) is 56.8 Å². The maximum absolute atomic E-state index is 6.72. The lowest BCUT2D eigenvalue weighted by atomic mass is 9.67. The van der Waals surface area contributed by atoms with Crippen LogP contribution in [0, 0.1) is 0 Å². The minimum absolute atomic E-state index is 0.145. The lowest BCUT2D eigenvalue weighted by Crippen LogP contribution is -2.28. The normalized spacial score (nSPS) is 15.1. The van der Waals surface area contributed by atoms with Gasteiger partial charge in [0.15, 0.2) is 17.5 Å². The van der Waals surface area contributed by atoms with Gasteiger partial charge in [-0.3, -0.25) is 0 Å². The zero-order valence-corrected chi connectivity index (χ0v) is 30.5. The fraction of sp³-hybridized carbons (Fsp3) is 0.100. The van der Waals surface area contributed by atoms with E-state index in [0.717, 1.165) is 56.5 Å². The Labute approximate surface area is 319 Å². The topological polar surface area (TPSA) is 61.0 Å². The molecule has 3 heterocycles. The summed E-state index contributed by atoms with van der Waals surface area (Å²) in [6.45, 7) is 4.67. The van der Waals surface area contributed by atoms with E-state index in [1.807, 2.05) is 66.7 Å². The largest absolute Gasteiger partial charge is 0.457 e. The standard InChI is InChI=1S/C50H35N3O2/c1-50(2)41-22-11-12-23-43(41)54-44-27-25-35-33-18-9-10-19-34(33)38(29-40(35)45(44)50)32-24-26-42-39(28-32)36-20-13-21-37(46(36)55-42)49-52-47(30-14-5-3-6-15-30)51-48(53-49)31-16-7-4-8-17-31/h3-28,38H,29H2,1-2H3. The molecule has 55 heavy (non-hydrogen) atoms. The number of ether oxygens (including phenoxy) is 1. The highest BCUT2D eigenvalue weighted by molar-refractivity contribution is 6.09. The summed E-state index contributed by atoms with van der Waals surface area (Å²) in [7, 11) is 0. The monoisotopic (exact) mass is 709 g/mol. The number of benzene rings is 7. The van der Waals surface area contributed by atoms with E-state index >= 15 is 0 Å². The Morgan fingerprint density at radius 3 is 2.00 bits per heavy atom. The van der Waals surface area contributed by atoms with Crippen molar-refractivity contribution in [1.29, 1.82) is 0 Å².